The third-order valence-corrected chi connectivity index (χ3v) is 6.98. The van der Waals surface area contributed by atoms with Crippen LogP contribution in [-0.2, 0) is 9.47 Å². The Morgan fingerprint density at radius 3 is 2.48 bits per heavy atom. The smallest absolute Gasteiger partial charge is 0.191 e. The quantitative estimate of drug-likeness (QED) is 0.302. The third-order valence-electron chi connectivity index (χ3n) is 6.01. The zero-order chi connectivity index (χ0) is 21.6. The highest BCUT2D eigenvalue weighted by molar-refractivity contribution is 14.0. The molecule has 0 saturated carbocycles. The molecule has 2 saturated heterocycles. The van der Waals surface area contributed by atoms with Crippen LogP contribution in [0.2, 0.25) is 0 Å². The lowest BCUT2D eigenvalue weighted by atomic mass is 10.00. The topological polar surface area (TPSA) is 61.4 Å². The van der Waals surface area contributed by atoms with Crippen LogP contribution >= 0.6 is 35.3 Å². The minimum Gasteiger partial charge on any atom is -0.379 e. The van der Waals surface area contributed by atoms with E-state index in [2.05, 4.69) is 70.6 Å². The van der Waals surface area contributed by atoms with Gasteiger partial charge in [0.05, 0.1) is 31.5 Å². The standard InChI is InChI=1S/C22H39N5O2S.HI/c1-17-14-27(15-18(2)29-17)22(3,4)16-25-21(23-5)24-13-19(20-7-6-12-30-20)26-8-10-28-11-9-26;/h6-7,12,17-19H,8-11,13-16H2,1-5H3,(H2,23,24,25);1H. The lowest BCUT2D eigenvalue weighted by Crippen LogP contribution is -2.59. The average molecular weight is 566 g/mol. The van der Waals surface area contributed by atoms with Gasteiger partial charge in [-0.3, -0.25) is 14.8 Å². The van der Waals surface area contributed by atoms with Crippen molar-refractivity contribution in [1.29, 1.82) is 0 Å². The van der Waals surface area contributed by atoms with E-state index in [-0.39, 0.29) is 41.7 Å². The van der Waals surface area contributed by atoms with Gasteiger partial charge in [0.1, 0.15) is 0 Å². The molecule has 2 fully saturated rings. The van der Waals surface area contributed by atoms with E-state index in [0.29, 0.717) is 6.04 Å². The summed E-state index contributed by atoms with van der Waals surface area (Å²) in [7, 11) is 1.84. The number of aliphatic imine (C=N–C) groups is 1. The van der Waals surface area contributed by atoms with E-state index in [1.165, 1.54) is 4.88 Å². The largest absolute Gasteiger partial charge is 0.379 e. The molecule has 2 aliphatic heterocycles. The number of nitrogens with zero attached hydrogens (tertiary/aromatic N) is 3. The van der Waals surface area contributed by atoms with E-state index in [9.17, 15) is 0 Å². The summed E-state index contributed by atoms with van der Waals surface area (Å²) in [5.74, 6) is 0.854. The molecule has 2 N–H and O–H groups in total. The van der Waals surface area contributed by atoms with Gasteiger partial charge in [-0.1, -0.05) is 6.07 Å². The molecule has 178 valence electrons. The molecular weight excluding hydrogens is 525 g/mol. The summed E-state index contributed by atoms with van der Waals surface area (Å²) < 4.78 is 11.5. The summed E-state index contributed by atoms with van der Waals surface area (Å²) in [6.07, 6.45) is 0.538. The molecule has 0 amide bonds. The SMILES string of the molecule is CN=C(NCC(c1cccs1)N1CCOCC1)NCC(C)(C)N1CC(C)OC(C)C1.I. The van der Waals surface area contributed by atoms with Crippen molar-refractivity contribution in [2.75, 3.05) is 59.5 Å². The molecule has 3 rings (SSSR count). The number of guanidine groups is 1. The molecule has 0 aromatic carbocycles. The van der Waals surface area contributed by atoms with Gasteiger partial charge in [-0.25, -0.2) is 0 Å². The second-order valence-electron chi connectivity index (χ2n) is 8.96. The van der Waals surface area contributed by atoms with Gasteiger partial charge in [0, 0.05) is 56.7 Å². The van der Waals surface area contributed by atoms with Crippen LogP contribution in [0, 0.1) is 0 Å². The molecule has 1 aromatic rings. The Balaban J connectivity index is 0.00000341. The Morgan fingerprint density at radius 2 is 1.90 bits per heavy atom. The number of rotatable bonds is 7. The molecule has 3 unspecified atom stereocenters. The second-order valence-corrected chi connectivity index (χ2v) is 9.94. The lowest BCUT2D eigenvalue weighted by Gasteiger charge is -2.45. The van der Waals surface area contributed by atoms with Crippen molar-refractivity contribution in [3.63, 3.8) is 0 Å². The van der Waals surface area contributed by atoms with E-state index in [4.69, 9.17) is 9.47 Å². The van der Waals surface area contributed by atoms with Crippen LogP contribution in [0.25, 0.3) is 0 Å². The maximum absolute atomic E-state index is 5.91. The van der Waals surface area contributed by atoms with Crippen molar-refractivity contribution in [2.24, 2.45) is 4.99 Å². The Morgan fingerprint density at radius 1 is 1.23 bits per heavy atom. The Labute approximate surface area is 209 Å². The fraction of sp³-hybridized carbons (Fsp3) is 0.773. The summed E-state index contributed by atoms with van der Waals surface area (Å²) in [4.78, 5) is 10.9. The van der Waals surface area contributed by atoms with Crippen molar-refractivity contribution in [2.45, 2.75) is 51.5 Å². The summed E-state index contributed by atoms with van der Waals surface area (Å²) in [6.45, 7) is 16.0. The van der Waals surface area contributed by atoms with Gasteiger partial charge in [0.2, 0.25) is 0 Å². The minimum atomic E-state index is 0. The Kier molecular flexibility index (Phi) is 11.0. The van der Waals surface area contributed by atoms with Gasteiger partial charge >= 0.3 is 0 Å². The number of ether oxygens (including phenoxy) is 2. The average Bonchev–Trinajstić information content (AvgIpc) is 3.25. The van der Waals surface area contributed by atoms with E-state index < -0.39 is 0 Å². The molecule has 0 aliphatic carbocycles. The van der Waals surface area contributed by atoms with Crippen LogP contribution in [0.3, 0.4) is 0 Å². The summed E-state index contributed by atoms with van der Waals surface area (Å²) in [5.41, 5.74) is 0.0152. The molecule has 0 radical (unpaired) electrons. The first kappa shape index (κ1) is 26.8. The molecule has 0 bridgehead atoms. The number of hydrogen-bond donors (Lipinski definition) is 2. The molecule has 3 atom stereocenters. The zero-order valence-corrected chi connectivity index (χ0v) is 22.7. The van der Waals surface area contributed by atoms with Gasteiger partial charge in [0.15, 0.2) is 5.96 Å². The lowest BCUT2D eigenvalue weighted by molar-refractivity contribution is -0.0946. The zero-order valence-electron chi connectivity index (χ0n) is 19.6. The Hall–Kier alpha value is -0.460. The van der Waals surface area contributed by atoms with E-state index in [0.717, 1.165) is 58.4 Å². The van der Waals surface area contributed by atoms with Crippen LogP contribution < -0.4 is 10.6 Å². The fourth-order valence-electron chi connectivity index (χ4n) is 4.28. The number of thiophene rings is 1. The first-order valence-corrected chi connectivity index (χ1v) is 12.0. The monoisotopic (exact) mass is 565 g/mol. The first-order valence-electron chi connectivity index (χ1n) is 11.1. The minimum absolute atomic E-state index is 0. The molecule has 2 aliphatic rings. The highest BCUT2D eigenvalue weighted by Crippen LogP contribution is 2.25. The molecule has 7 nitrogen and oxygen atoms in total. The maximum atomic E-state index is 5.91. The maximum Gasteiger partial charge on any atom is 0.191 e. The van der Waals surface area contributed by atoms with Gasteiger partial charge in [-0.15, -0.1) is 35.3 Å². The van der Waals surface area contributed by atoms with Gasteiger partial charge in [0.25, 0.3) is 0 Å². The summed E-state index contributed by atoms with van der Waals surface area (Å²) in [5, 5.41) is 9.28. The van der Waals surface area contributed by atoms with Crippen LogP contribution in [0.15, 0.2) is 22.5 Å². The van der Waals surface area contributed by atoms with E-state index >= 15 is 0 Å². The number of nitrogens with one attached hydrogen (secondary N) is 2. The number of morpholine rings is 2. The van der Waals surface area contributed by atoms with Crippen molar-refractivity contribution in [3.05, 3.63) is 22.4 Å². The molecule has 3 heterocycles. The molecule has 0 spiro atoms. The summed E-state index contributed by atoms with van der Waals surface area (Å²) >= 11 is 1.82. The second kappa shape index (κ2) is 12.7. The first-order chi connectivity index (χ1) is 14.4. The van der Waals surface area contributed by atoms with Gasteiger partial charge in [-0.05, 0) is 39.1 Å². The molecule has 9 heteroatoms. The van der Waals surface area contributed by atoms with Crippen LogP contribution in [-0.4, -0.2) is 93.0 Å². The molecule has 31 heavy (non-hydrogen) atoms. The van der Waals surface area contributed by atoms with Crippen molar-refractivity contribution in [1.82, 2.24) is 20.4 Å². The van der Waals surface area contributed by atoms with Crippen molar-refractivity contribution >= 4 is 41.3 Å². The van der Waals surface area contributed by atoms with E-state index in [1.807, 2.05) is 18.4 Å². The summed E-state index contributed by atoms with van der Waals surface area (Å²) in [6, 6.07) is 4.70. The van der Waals surface area contributed by atoms with Gasteiger partial charge in [-0.2, -0.15) is 0 Å². The predicted octanol–water partition coefficient (Wildman–Crippen LogP) is 2.79. The predicted molar refractivity (Wildman–Crippen MR) is 140 cm³/mol. The van der Waals surface area contributed by atoms with Crippen LogP contribution in [0.4, 0.5) is 0 Å². The third kappa shape index (κ3) is 7.82. The van der Waals surface area contributed by atoms with Crippen molar-refractivity contribution < 1.29 is 9.47 Å². The van der Waals surface area contributed by atoms with Crippen LogP contribution in [0.1, 0.15) is 38.6 Å². The van der Waals surface area contributed by atoms with E-state index in [1.54, 1.807) is 0 Å². The normalized spacial score (nSPS) is 25.0. The highest BCUT2D eigenvalue weighted by atomic mass is 127. The fourth-order valence-corrected chi connectivity index (χ4v) is 5.14. The number of hydrogen-bond acceptors (Lipinski definition) is 6. The van der Waals surface area contributed by atoms with Crippen molar-refractivity contribution in [3.8, 4) is 0 Å². The molecule has 1 aromatic heterocycles. The molecular formula is C22H40IN5O2S. The highest BCUT2D eigenvalue weighted by Gasteiger charge is 2.33. The van der Waals surface area contributed by atoms with Crippen LogP contribution in [0.5, 0.6) is 0 Å². The number of halogens is 1. The Bertz CT molecular complexity index is 657. The van der Waals surface area contributed by atoms with Gasteiger partial charge < -0.3 is 20.1 Å².